The van der Waals surface area contributed by atoms with Crippen molar-refractivity contribution in [3.05, 3.63) is 36.5 Å². The second-order valence-electron chi connectivity index (χ2n) is 17.3. The molecule has 7 unspecified atom stereocenters. The molecule has 20 heteroatoms. The van der Waals surface area contributed by atoms with Crippen LogP contribution < -0.4 is 0 Å². The number of hydrogen-bond acceptors (Lipinski definition) is 18. The lowest BCUT2D eigenvalue weighted by atomic mass is 9.84. The quantitative estimate of drug-likeness (QED) is 0.0283. The third-order valence-corrected chi connectivity index (χ3v) is 11.5. The number of fused-ring (bicyclic) bond motifs is 3. The van der Waals surface area contributed by atoms with Gasteiger partial charge in [0, 0.05) is 75.9 Å². The first-order chi connectivity index (χ1) is 32.7. The van der Waals surface area contributed by atoms with E-state index in [1.807, 2.05) is 6.92 Å². The van der Waals surface area contributed by atoms with Crippen molar-refractivity contribution in [2.24, 2.45) is 34.5 Å². The summed E-state index contributed by atoms with van der Waals surface area (Å²) in [7, 11) is 10.3. The van der Waals surface area contributed by atoms with E-state index in [0.29, 0.717) is 46.9 Å². The van der Waals surface area contributed by atoms with Crippen LogP contribution in [0.25, 0.3) is 0 Å². The maximum Gasteiger partial charge on any atom is 0.409 e. The Morgan fingerprint density at radius 1 is 0.855 bits per heavy atom. The van der Waals surface area contributed by atoms with Crippen LogP contribution in [0.15, 0.2) is 36.5 Å². The number of imide groups is 1. The summed E-state index contributed by atoms with van der Waals surface area (Å²) in [5, 5.41) is 0. The first-order valence-electron chi connectivity index (χ1n) is 22.4. The van der Waals surface area contributed by atoms with E-state index in [1.165, 1.54) is 65.5 Å². The number of esters is 4. The summed E-state index contributed by atoms with van der Waals surface area (Å²) >= 11 is 3.53. The molecule has 18 nitrogen and oxygen atoms in total. The highest BCUT2D eigenvalue weighted by Gasteiger charge is 2.44. The third kappa shape index (κ3) is 24.8. The number of terminal acetylenes is 1. The number of rotatable bonds is 9. The largest absolute Gasteiger partial charge is 0.469 e. The van der Waals surface area contributed by atoms with Crippen LogP contribution in [0, 0.1) is 46.8 Å². The first kappa shape index (κ1) is 64.5. The molecule has 3 aliphatic carbocycles. The molecule has 0 radical (unpaired) electrons. The first-order valence-corrected chi connectivity index (χ1v) is 23.3. The van der Waals surface area contributed by atoms with Crippen molar-refractivity contribution >= 4 is 54.4 Å². The summed E-state index contributed by atoms with van der Waals surface area (Å²) in [6, 6.07) is -2.07. The highest BCUT2D eigenvalue weighted by Crippen LogP contribution is 2.44. The molecule has 0 aromatic heterocycles. The number of ether oxygens (including phenoxy) is 10. The Kier molecular flexibility index (Phi) is 32.5. The van der Waals surface area contributed by atoms with Crippen molar-refractivity contribution in [1.82, 2.24) is 4.90 Å². The van der Waals surface area contributed by atoms with Crippen molar-refractivity contribution in [3.8, 4) is 12.3 Å². The van der Waals surface area contributed by atoms with Crippen LogP contribution in [0.5, 0.6) is 0 Å². The molecule has 6 fully saturated rings. The summed E-state index contributed by atoms with van der Waals surface area (Å²) < 4.78 is 58.7. The Morgan fingerprint density at radius 3 is 1.68 bits per heavy atom. The van der Waals surface area contributed by atoms with Gasteiger partial charge in [0.05, 0.1) is 79.1 Å². The lowest BCUT2D eigenvalue weighted by Gasteiger charge is -2.39. The third-order valence-electron chi connectivity index (χ3n) is 11.5. The molecule has 0 spiro atoms. The fourth-order valence-electron chi connectivity index (χ4n) is 7.40. The van der Waals surface area contributed by atoms with Crippen LogP contribution in [-0.2, 0) is 80.9 Å². The summed E-state index contributed by atoms with van der Waals surface area (Å²) in [4.78, 5) is 72.0. The number of cyclic esters (lactones) is 1. The zero-order chi connectivity index (χ0) is 52.7. The van der Waals surface area contributed by atoms with E-state index >= 15 is 0 Å². The second-order valence-corrected chi connectivity index (χ2v) is 17.3. The van der Waals surface area contributed by atoms with Gasteiger partial charge in [0.25, 0.3) is 11.8 Å². The van der Waals surface area contributed by atoms with Crippen LogP contribution in [0.4, 0.5) is 4.39 Å². The molecular weight excluding hydrogens is 926 g/mol. The minimum atomic E-state index is -2.07. The van der Waals surface area contributed by atoms with Crippen LogP contribution in [0.2, 0.25) is 0 Å². The summed E-state index contributed by atoms with van der Waals surface area (Å²) in [6.07, 6.45) is 22.3. The SMILES string of the molecule is C#CC(=O)OC.C=C1CC(C)OC1=O.CCC1(COC)COC1.CN1C(=O)C=CC1=O.COC(=O)C(=O)F.COC(=O)C1CC2C=CC1C2.COCC1(C)COC1.COCC1CCC2OC2C1.CS. The van der Waals surface area contributed by atoms with Crippen LogP contribution in [0.1, 0.15) is 65.7 Å². The van der Waals surface area contributed by atoms with Crippen molar-refractivity contribution < 1.29 is 85.3 Å². The van der Waals surface area contributed by atoms with Crippen LogP contribution in [-0.4, -0.2) is 167 Å². The second kappa shape index (κ2) is 34.7. The van der Waals surface area contributed by atoms with E-state index in [9.17, 15) is 38.0 Å². The van der Waals surface area contributed by atoms with E-state index in [1.54, 1.807) is 33.5 Å². The molecular formula is C49H76FNO17S. The van der Waals surface area contributed by atoms with E-state index < -0.39 is 18.0 Å². The number of epoxide rings is 1. The van der Waals surface area contributed by atoms with Gasteiger partial charge in [-0.15, -0.1) is 6.42 Å². The Hall–Kier alpha value is -4.49. The van der Waals surface area contributed by atoms with Gasteiger partial charge in [0.15, 0.2) is 0 Å². The molecule has 8 rings (SSSR count). The predicted molar refractivity (Wildman–Crippen MR) is 255 cm³/mol. The van der Waals surface area contributed by atoms with Gasteiger partial charge >= 0.3 is 29.9 Å². The number of likely N-dealkylation sites (N-methyl/N-ethyl adjacent to an activating group) is 1. The van der Waals surface area contributed by atoms with E-state index in [0.717, 1.165) is 70.6 Å². The number of carbonyl (C=O) groups excluding carboxylic acids is 7. The lowest BCUT2D eigenvalue weighted by molar-refractivity contribution is -0.157. The summed E-state index contributed by atoms with van der Waals surface area (Å²) in [5.74, 6) is 0.989. The van der Waals surface area contributed by atoms with Crippen molar-refractivity contribution in [2.45, 2.75) is 84.0 Å². The molecule has 2 bridgehead atoms. The van der Waals surface area contributed by atoms with Gasteiger partial charge in [-0.05, 0) is 69.5 Å². The number of hydrogen-bond donors (Lipinski definition) is 1. The number of amides is 2. The molecule has 5 heterocycles. The van der Waals surface area contributed by atoms with Gasteiger partial charge in [-0.1, -0.05) is 32.6 Å². The molecule has 0 aromatic rings. The average Bonchev–Trinajstić information content (AvgIpc) is 3.51. The normalized spacial score (nSPS) is 25.5. The summed E-state index contributed by atoms with van der Waals surface area (Å²) in [6.45, 7) is 15.8. The number of halogens is 1. The number of methoxy groups -OCH3 is 6. The average molecular weight is 1000 g/mol. The zero-order valence-corrected chi connectivity index (χ0v) is 43.1. The van der Waals surface area contributed by atoms with Gasteiger partial charge in [-0.2, -0.15) is 17.0 Å². The minimum absolute atomic E-state index is 0.0261. The Balaban J connectivity index is 0.000000767. The molecule has 0 aromatic carbocycles. The van der Waals surface area contributed by atoms with E-state index in [2.05, 4.69) is 61.1 Å². The van der Waals surface area contributed by atoms with Crippen LogP contribution >= 0.6 is 12.6 Å². The monoisotopic (exact) mass is 1000 g/mol. The molecule has 2 saturated carbocycles. The molecule has 392 valence electrons. The Bertz CT molecular complexity index is 1700. The number of carbonyl (C=O) groups is 7. The fraction of sp³-hybridized carbons (Fsp3) is 0.694. The number of nitrogens with zero attached hydrogens (tertiary/aromatic N) is 1. The fourth-order valence-corrected chi connectivity index (χ4v) is 7.40. The van der Waals surface area contributed by atoms with Gasteiger partial charge in [-0.25, -0.2) is 19.2 Å². The summed E-state index contributed by atoms with van der Waals surface area (Å²) in [5.41, 5.74) is 1.29. The molecule has 2 amide bonds. The highest BCUT2D eigenvalue weighted by atomic mass is 32.1. The maximum absolute atomic E-state index is 11.1. The number of thiol groups is 1. The van der Waals surface area contributed by atoms with Gasteiger partial charge in [0.2, 0.25) is 0 Å². The molecule has 69 heavy (non-hydrogen) atoms. The minimum Gasteiger partial charge on any atom is -0.469 e. The zero-order valence-electron chi connectivity index (χ0n) is 42.2. The molecule has 7 atom stereocenters. The van der Waals surface area contributed by atoms with E-state index in [-0.39, 0.29) is 35.8 Å². The Labute approximate surface area is 413 Å². The molecule has 0 N–H and O–H groups in total. The standard InChI is InChI=1S/C9H12O2.C8H14O2.C7H14O2.C6H12O2.C6H8O2.C5H5NO2.C4H4O2.C3H3FO3.CH4S/c1-11-9(10)8-5-6-2-3-7(8)4-6;1-9-5-6-2-3-7-8(4-6)10-7;1-3-7(4-8-2)5-9-6-7;1-6(3-7-2)4-8-5-6;1-4-3-5(2)8-6(4)7;1-6-4(7)2-3-5(6)8;1-3-4(5)6-2;1-7-3(6)2(4)5;1-2/h2-3,6-8H,4-5H2,1H3;6-8H,2-5H2,1H3;3-6H2,1-2H3;3-5H2,1-2H3;5H,1,3H2,2H3;2-3H,1H3;1H,2H3;1H3;2H,1H3. The van der Waals surface area contributed by atoms with Crippen molar-refractivity contribution in [1.29, 1.82) is 0 Å². The van der Waals surface area contributed by atoms with Crippen molar-refractivity contribution in [3.63, 3.8) is 0 Å². The van der Waals surface area contributed by atoms with E-state index in [4.69, 9.17) is 37.9 Å². The topological polar surface area (TPSA) is 218 Å². The van der Waals surface area contributed by atoms with Gasteiger partial charge in [-0.3, -0.25) is 19.3 Å². The smallest absolute Gasteiger partial charge is 0.409 e. The van der Waals surface area contributed by atoms with Crippen LogP contribution in [0.3, 0.4) is 0 Å². The van der Waals surface area contributed by atoms with Gasteiger partial charge < -0.3 is 47.4 Å². The number of allylic oxidation sites excluding steroid dienone is 2. The lowest BCUT2D eigenvalue weighted by Crippen LogP contribution is -2.45. The Morgan fingerprint density at radius 2 is 1.45 bits per heavy atom. The molecule has 8 aliphatic rings. The highest BCUT2D eigenvalue weighted by molar-refractivity contribution is 7.79. The van der Waals surface area contributed by atoms with Gasteiger partial charge in [0.1, 0.15) is 6.10 Å². The predicted octanol–water partition coefficient (Wildman–Crippen LogP) is 4.71. The molecule has 4 saturated heterocycles. The molecule has 5 aliphatic heterocycles. The van der Waals surface area contributed by atoms with Crippen molar-refractivity contribution in [2.75, 3.05) is 102 Å². The maximum atomic E-state index is 11.1.